The van der Waals surface area contributed by atoms with E-state index in [0.29, 0.717) is 5.92 Å². The van der Waals surface area contributed by atoms with Gasteiger partial charge in [-0.05, 0) is 67.5 Å². The van der Waals surface area contributed by atoms with Gasteiger partial charge in [-0.3, -0.25) is 4.79 Å². The Bertz CT molecular complexity index is 671. The van der Waals surface area contributed by atoms with Gasteiger partial charge in [-0.15, -0.1) is 0 Å². The van der Waals surface area contributed by atoms with Crippen molar-refractivity contribution in [3.05, 3.63) is 64.7 Å². The van der Waals surface area contributed by atoms with Crippen LogP contribution in [0.3, 0.4) is 0 Å². The number of carbonyl (C=O) groups excluding carboxylic acids is 1. The SMILES string of the molecule is Cc1ccc(NC(=O)[C@H](C)c2ccc(CC(C)C)cc2)cc1C. The first kappa shape index (κ1) is 17.3. The molecule has 2 nitrogen and oxygen atoms in total. The number of hydrogen-bond acceptors (Lipinski definition) is 1. The van der Waals surface area contributed by atoms with Gasteiger partial charge in [0.15, 0.2) is 0 Å². The number of hydrogen-bond donors (Lipinski definition) is 1. The monoisotopic (exact) mass is 309 g/mol. The molecule has 0 fully saturated rings. The number of rotatable bonds is 5. The molecule has 1 amide bonds. The lowest BCUT2D eigenvalue weighted by Gasteiger charge is -2.14. The second-order valence-corrected chi connectivity index (χ2v) is 6.85. The molecule has 0 radical (unpaired) electrons. The Morgan fingerprint density at radius 1 is 0.957 bits per heavy atom. The van der Waals surface area contributed by atoms with E-state index >= 15 is 0 Å². The maximum Gasteiger partial charge on any atom is 0.231 e. The van der Waals surface area contributed by atoms with Crippen molar-refractivity contribution >= 4 is 11.6 Å². The smallest absolute Gasteiger partial charge is 0.231 e. The minimum Gasteiger partial charge on any atom is -0.326 e. The van der Waals surface area contributed by atoms with Crippen LogP contribution in [0.1, 0.15) is 48.9 Å². The van der Waals surface area contributed by atoms with Crippen molar-refractivity contribution in [1.82, 2.24) is 0 Å². The molecule has 122 valence electrons. The highest BCUT2D eigenvalue weighted by Gasteiger charge is 2.15. The van der Waals surface area contributed by atoms with E-state index in [9.17, 15) is 4.79 Å². The molecular weight excluding hydrogens is 282 g/mol. The van der Waals surface area contributed by atoms with Crippen LogP contribution in [-0.4, -0.2) is 5.91 Å². The molecule has 2 heteroatoms. The van der Waals surface area contributed by atoms with Gasteiger partial charge in [0.25, 0.3) is 0 Å². The number of carbonyl (C=O) groups is 1. The Kier molecular flexibility index (Phi) is 5.59. The van der Waals surface area contributed by atoms with Gasteiger partial charge in [-0.25, -0.2) is 0 Å². The maximum absolute atomic E-state index is 12.5. The van der Waals surface area contributed by atoms with Crippen LogP contribution in [0.15, 0.2) is 42.5 Å². The Morgan fingerprint density at radius 2 is 1.61 bits per heavy atom. The fourth-order valence-electron chi connectivity index (χ4n) is 2.63. The zero-order chi connectivity index (χ0) is 17.0. The summed E-state index contributed by atoms with van der Waals surface area (Å²) < 4.78 is 0. The van der Waals surface area contributed by atoms with Crippen molar-refractivity contribution < 1.29 is 4.79 Å². The van der Waals surface area contributed by atoms with E-state index in [0.717, 1.165) is 17.7 Å². The number of anilines is 1. The molecule has 0 saturated carbocycles. The highest BCUT2D eigenvalue weighted by atomic mass is 16.1. The summed E-state index contributed by atoms with van der Waals surface area (Å²) in [4.78, 5) is 12.5. The minimum atomic E-state index is -0.162. The van der Waals surface area contributed by atoms with Crippen LogP contribution in [-0.2, 0) is 11.2 Å². The molecular formula is C21H27NO. The summed E-state index contributed by atoms with van der Waals surface area (Å²) in [5.41, 5.74) is 5.66. The number of benzene rings is 2. The summed E-state index contributed by atoms with van der Waals surface area (Å²) in [7, 11) is 0. The van der Waals surface area contributed by atoms with Gasteiger partial charge in [0.1, 0.15) is 0 Å². The third-order valence-corrected chi connectivity index (χ3v) is 4.29. The van der Waals surface area contributed by atoms with Crippen molar-refractivity contribution in [3.63, 3.8) is 0 Å². The van der Waals surface area contributed by atoms with E-state index in [1.54, 1.807) is 0 Å². The Labute approximate surface area is 139 Å². The average Bonchev–Trinajstić information content (AvgIpc) is 2.50. The largest absolute Gasteiger partial charge is 0.326 e. The predicted molar refractivity (Wildman–Crippen MR) is 97.9 cm³/mol. The molecule has 0 spiro atoms. The van der Waals surface area contributed by atoms with Crippen LogP contribution in [0.2, 0.25) is 0 Å². The molecule has 1 atom stereocenters. The van der Waals surface area contributed by atoms with Gasteiger partial charge in [-0.2, -0.15) is 0 Å². The fourth-order valence-corrected chi connectivity index (χ4v) is 2.63. The Balaban J connectivity index is 2.05. The van der Waals surface area contributed by atoms with Crippen LogP contribution >= 0.6 is 0 Å². The summed E-state index contributed by atoms with van der Waals surface area (Å²) in [5, 5.41) is 3.02. The zero-order valence-electron chi connectivity index (χ0n) is 14.8. The number of amides is 1. The lowest BCUT2D eigenvalue weighted by atomic mass is 9.96. The molecule has 1 N–H and O–H groups in total. The zero-order valence-corrected chi connectivity index (χ0v) is 14.8. The van der Waals surface area contributed by atoms with Crippen LogP contribution in [0.25, 0.3) is 0 Å². The highest BCUT2D eigenvalue weighted by Crippen LogP contribution is 2.21. The first-order valence-electron chi connectivity index (χ1n) is 8.33. The van der Waals surface area contributed by atoms with Gasteiger partial charge < -0.3 is 5.32 Å². The molecule has 2 rings (SSSR count). The third-order valence-electron chi connectivity index (χ3n) is 4.29. The van der Waals surface area contributed by atoms with Crippen molar-refractivity contribution in [2.24, 2.45) is 5.92 Å². The molecule has 0 aromatic heterocycles. The molecule has 0 aliphatic rings. The van der Waals surface area contributed by atoms with Gasteiger partial charge in [0.2, 0.25) is 5.91 Å². The first-order chi connectivity index (χ1) is 10.9. The van der Waals surface area contributed by atoms with Crippen LogP contribution in [0.4, 0.5) is 5.69 Å². The lowest BCUT2D eigenvalue weighted by molar-refractivity contribution is -0.117. The van der Waals surface area contributed by atoms with Crippen LogP contribution < -0.4 is 5.32 Å². The Hall–Kier alpha value is -2.09. The lowest BCUT2D eigenvalue weighted by Crippen LogP contribution is -2.19. The van der Waals surface area contributed by atoms with Crippen molar-refractivity contribution in [1.29, 1.82) is 0 Å². The third kappa shape index (κ3) is 4.69. The van der Waals surface area contributed by atoms with E-state index in [-0.39, 0.29) is 11.8 Å². The van der Waals surface area contributed by atoms with E-state index in [1.165, 1.54) is 16.7 Å². The molecule has 23 heavy (non-hydrogen) atoms. The molecule has 0 unspecified atom stereocenters. The van der Waals surface area contributed by atoms with Crippen LogP contribution in [0.5, 0.6) is 0 Å². The average molecular weight is 309 g/mol. The van der Waals surface area contributed by atoms with Crippen molar-refractivity contribution in [2.45, 2.75) is 47.0 Å². The molecule has 0 heterocycles. The first-order valence-corrected chi connectivity index (χ1v) is 8.33. The second kappa shape index (κ2) is 7.45. The van der Waals surface area contributed by atoms with Crippen molar-refractivity contribution in [3.8, 4) is 0 Å². The van der Waals surface area contributed by atoms with Gasteiger partial charge >= 0.3 is 0 Å². The Morgan fingerprint density at radius 3 is 2.17 bits per heavy atom. The number of aryl methyl sites for hydroxylation is 2. The standard InChI is InChI=1S/C21H27NO/c1-14(2)12-18-7-9-19(10-8-18)17(5)21(23)22-20-11-6-15(3)16(4)13-20/h6-11,13-14,17H,12H2,1-5H3,(H,22,23)/t17-/m1/s1. The van der Waals surface area contributed by atoms with Crippen LogP contribution in [0, 0.1) is 19.8 Å². The second-order valence-electron chi connectivity index (χ2n) is 6.85. The quantitative estimate of drug-likeness (QED) is 0.803. The summed E-state index contributed by atoms with van der Waals surface area (Å²) in [5.74, 6) is 0.515. The summed E-state index contributed by atoms with van der Waals surface area (Å²) in [6, 6.07) is 14.4. The molecule has 2 aromatic carbocycles. The molecule has 0 aliphatic carbocycles. The van der Waals surface area contributed by atoms with Gasteiger partial charge in [-0.1, -0.05) is 44.2 Å². The molecule has 0 bridgehead atoms. The molecule has 0 aliphatic heterocycles. The summed E-state index contributed by atoms with van der Waals surface area (Å²) in [6.45, 7) is 10.5. The molecule has 0 saturated heterocycles. The summed E-state index contributed by atoms with van der Waals surface area (Å²) >= 11 is 0. The number of nitrogens with one attached hydrogen (secondary N) is 1. The maximum atomic E-state index is 12.5. The van der Waals surface area contributed by atoms with E-state index in [2.05, 4.69) is 57.3 Å². The van der Waals surface area contributed by atoms with E-state index in [4.69, 9.17) is 0 Å². The van der Waals surface area contributed by atoms with Gasteiger partial charge in [0.05, 0.1) is 5.92 Å². The normalized spacial score (nSPS) is 12.3. The highest BCUT2D eigenvalue weighted by molar-refractivity contribution is 5.95. The minimum absolute atomic E-state index is 0.0323. The molecule has 2 aromatic rings. The summed E-state index contributed by atoms with van der Waals surface area (Å²) in [6.07, 6.45) is 1.07. The van der Waals surface area contributed by atoms with Gasteiger partial charge in [0, 0.05) is 5.69 Å². The topological polar surface area (TPSA) is 29.1 Å². The van der Waals surface area contributed by atoms with E-state index < -0.39 is 0 Å². The fraction of sp³-hybridized carbons (Fsp3) is 0.381. The van der Waals surface area contributed by atoms with Crippen molar-refractivity contribution in [2.75, 3.05) is 5.32 Å². The van der Waals surface area contributed by atoms with E-state index in [1.807, 2.05) is 25.1 Å². The predicted octanol–water partition coefficient (Wildman–Crippen LogP) is 5.24.